The van der Waals surface area contributed by atoms with Crippen LogP contribution in [-0.2, 0) is 11.3 Å². The highest BCUT2D eigenvalue weighted by Crippen LogP contribution is 2.36. The second kappa shape index (κ2) is 8.64. The summed E-state index contributed by atoms with van der Waals surface area (Å²) in [5, 5.41) is 13.3. The van der Waals surface area contributed by atoms with E-state index in [4.69, 9.17) is 14.2 Å². The largest absolute Gasteiger partial charge is 0.454 e. The highest BCUT2D eigenvalue weighted by Gasteiger charge is 2.31. The third-order valence-electron chi connectivity index (χ3n) is 5.98. The number of methoxy groups -OCH3 is 1. The van der Waals surface area contributed by atoms with Crippen LogP contribution in [0, 0.1) is 0 Å². The molecular formula is C21H26N6O4. The average molecular weight is 426 g/mol. The Morgan fingerprint density at radius 1 is 1.13 bits per heavy atom. The van der Waals surface area contributed by atoms with Crippen LogP contribution in [0.15, 0.2) is 23.0 Å². The predicted molar refractivity (Wildman–Crippen MR) is 112 cm³/mol. The van der Waals surface area contributed by atoms with E-state index >= 15 is 0 Å². The van der Waals surface area contributed by atoms with E-state index in [2.05, 4.69) is 25.4 Å². The third kappa shape index (κ3) is 3.88. The molecule has 0 amide bonds. The molecule has 0 bridgehead atoms. The number of pyridine rings is 1. The maximum absolute atomic E-state index is 13.3. The Balaban J connectivity index is 1.63. The Kier molecular flexibility index (Phi) is 5.56. The molecule has 1 unspecified atom stereocenters. The Bertz CT molecular complexity index is 1120. The summed E-state index contributed by atoms with van der Waals surface area (Å²) in [4.78, 5) is 18.6. The van der Waals surface area contributed by atoms with Crippen molar-refractivity contribution in [3.8, 4) is 11.5 Å². The molecule has 1 fully saturated rings. The molecular weight excluding hydrogens is 400 g/mol. The molecule has 2 aromatic heterocycles. The van der Waals surface area contributed by atoms with Crippen LogP contribution < -0.4 is 15.0 Å². The predicted octanol–water partition coefficient (Wildman–Crippen LogP) is 1.86. The van der Waals surface area contributed by atoms with Crippen molar-refractivity contribution in [2.24, 2.45) is 0 Å². The van der Waals surface area contributed by atoms with Crippen molar-refractivity contribution in [3.63, 3.8) is 0 Å². The fourth-order valence-corrected chi connectivity index (χ4v) is 4.41. The lowest BCUT2D eigenvalue weighted by Gasteiger charge is -2.29. The number of aromatic amines is 1. The molecule has 1 aromatic carbocycles. The van der Waals surface area contributed by atoms with Crippen molar-refractivity contribution in [1.82, 2.24) is 30.1 Å². The van der Waals surface area contributed by atoms with Crippen LogP contribution in [0.3, 0.4) is 0 Å². The molecule has 0 radical (unpaired) electrons. The minimum atomic E-state index is -0.344. The van der Waals surface area contributed by atoms with Gasteiger partial charge in [-0.3, -0.25) is 9.69 Å². The summed E-state index contributed by atoms with van der Waals surface area (Å²) in [5.74, 6) is 1.98. The minimum absolute atomic E-state index is 0.151. The molecule has 3 aromatic rings. The Morgan fingerprint density at radius 2 is 1.90 bits per heavy atom. The van der Waals surface area contributed by atoms with Crippen LogP contribution >= 0.6 is 0 Å². The van der Waals surface area contributed by atoms with Gasteiger partial charge in [-0.1, -0.05) is 12.8 Å². The van der Waals surface area contributed by atoms with E-state index in [-0.39, 0.29) is 18.4 Å². The van der Waals surface area contributed by atoms with Crippen LogP contribution in [0.5, 0.6) is 11.5 Å². The standard InChI is InChI=1S/C21H26N6O4/c1-29-9-8-27-20(23-24-25-27)19(26-6-4-2-3-5-7-26)15-10-14-11-17-18(31-13-30-17)12-16(14)22-21(15)28/h10-12,19H,2-9,13H2,1H3,(H,22,28). The number of fused-ring (bicyclic) bond motifs is 2. The fraction of sp³-hybridized carbons (Fsp3) is 0.524. The van der Waals surface area contributed by atoms with E-state index in [1.165, 1.54) is 12.8 Å². The maximum atomic E-state index is 13.3. The van der Waals surface area contributed by atoms with Gasteiger partial charge in [0.15, 0.2) is 17.3 Å². The molecule has 0 saturated carbocycles. The molecule has 1 atom stereocenters. The summed E-state index contributed by atoms with van der Waals surface area (Å²) in [6, 6.07) is 5.31. The van der Waals surface area contributed by atoms with Gasteiger partial charge in [-0.15, -0.1) is 5.10 Å². The fourth-order valence-electron chi connectivity index (χ4n) is 4.41. The zero-order valence-corrected chi connectivity index (χ0v) is 17.5. The number of nitrogens with one attached hydrogen (secondary N) is 1. The average Bonchev–Trinajstić information content (AvgIpc) is 3.33. The van der Waals surface area contributed by atoms with E-state index in [1.54, 1.807) is 11.8 Å². The van der Waals surface area contributed by atoms with Gasteiger partial charge in [0.25, 0.3) is 5.56 Å². The third-order valence-corrected chi connectivity index (χ3v) is 5.98. The molecule has 164 valence electrons. The number of nitrogens with zero attached hydrogens (tertiary/aromatic N) is 5. The van der Waals surface area contributed by atoms with Gasteiger partial charge < -0.3 is 19.2 Å². The second-order valence-electron chi connectivity index (χ2n) is 7.95. The van der Waals surface area contributed by atoms with E-state index in [9.17, 15) is 4.79 Å². The lowest BCUT2D eigenvalue weighted by atomic mass is 10.0. The van der Waals surface area contributed by atoms with E-state index in [1.807, 2.05) is 18.2 Å². The van der Waals surface area contributed by atoms with E-state index in [0.717, 1.165) is 31.3 Å². The van der Waals surface area contributed by atoms with Crippen LogP contribution in [-0.4, -0.2) is 63.7 Å². The highest BCUT2D eigenvalue weighted by atomic mass is 16.7. The first-order valence-electron chi connectivity index (χ1n) is 10.7. The van der Waals surface area contributed by atoms with Crippen molar-refractivity contribution in [1.29, 1.82) is 0 Å². The number of hydrogen-bond acceptors (Lipinski definition) is 8. The number of ether oxygens (including phenoxy) is 3. The molecule has 2 aliphatic heterocycles. The summed E-state index contributed by atoms with van der Waals surface area (Å²) in [6.45, 7) is 2.98. The van der Waals surface area contributed by atoms with E-state index in [0.29, 0.717) is 41.6 Å². The van der Waals surface area contributed by atoms with Crippen molar-refractivity contribution >= 4 is 10.9 Å². The molecule has 10 heteroatoms. The van der Waals surface area contributed by atoms with Gasteiger partial charge in [0, 0.05) is 24.1 Å². The number of H-pyrrole nitrogens is 1. The number of rotatable bonds is 6. The number of benzene rings is 1. The first kappa shape index (κ1) is 20.0. The molecule has 2 aliphatic rings. The normalized spacial score (nSPS) is 17.7. The molecule has 0 spiro atoms. The Morgan fingerprint density at radius 3 is 2.68 bits per heavy atom. The van der Waals surface area contributed by atoms with Crippen molar-refractivity contribution in [2.45, 2.75) is 38.3 Å². The molecule has 10 nitrogen and oxygen atoms in total. The molecule has 4 heterocycles. The summed E-state index contributed by atoms with van der Waals surface area (Å²) >= 11 is 0. The van der Waals surface area contributed by atoms with Gasteiger partial charge in [0.05, 0.1) is 18.7 Å². The summed E-state index contributed by atoms with van der Waals surface area (Å²) in [7, 11) is 1.65. The topological polar surface area (TPSA) is 107 Å². The number of likely N-dealkylation sites (tertiary alicyclic amines) is 1. The van der Waals surface area contributed by atoms with Crippen LogP contribution in [0.25, 0.3) is 10.9 Å². The van der Waals surface area contributed by atoms with Crippen LogP contribution in [0.1, 0.15) is 43.1 Å². The lowest BCUT2D eigenvalue weighted by Crippen LogP contribution is -2.36. The van der Waals surface area contributed by atoms with Crippen molar-refractivity contribution in [2.75, 3.05) is 33.6 Å². The van der Waals surface area contributed by atoms with Crippen molar-refractivity contribution < 1.29 is 14.2 Å². The first-order chi connectivity index (χ1) is 15.2. The van der Waals surface area contributed by atoms with Gasteiger partial charge >= 0.3 is 0 Å². The minimum Gasteiger partial charge on any atom is -0.454 e. The Labute approximate surface area is 179 Å². The number of tetrazole rings is 1. The molecule has 1 saturated heterocycles. The smallest absolute Gasteiger partial charge is 0.253 e. The lowest BCUT2D eigenvalue weighted by molar-refractivity contribution is 0.174. The molecule has 31 heavy (non-hydrogen) atoms. The van der Waals surface area contributed by atoms with Gasteiger partial charge in [0.1, 0.15) is 6.04 Å². The van der Waals surface area contributed by atoms with Gasteiger partial charge in [-0.2, -0.15) is 0 Å². The zero-order chi connectivity index (χ0) is 21.2. The molecule has 0 aliphatic carbocycles. The number of hydrogen-bond donors (Lipinski definition) is 1. The quantitative estimate of drug-likeness (QED) is 0.636. The zero-order valence-electron chi connectivity index (χ0n) is 17.5. The molecule has 5 rings (SSSR count). The van der Waals surface area contributed by atoms with Crippen LogP contribution in [0.4, 0.5) is 0 Å². The summed E-state index contributed by atoms with van der Waals surface area (Å²) < 4.78 is 17.9. The maximum Gasteiger partial charge on any atom is 0.253 e. The SMILES string of the molecule is COCCn1nnnc1C(c1cc2cc3c(cc2[nH]c1=O)OCO3)N1CCCCCC1. The van der Waals surface area contributed by atoms with Crippen molar-refractivity contribution in [3.05, 3.63) is 39.9 Å². The van der Waals surface area contributed by atoms with E-state index < -0.39 is 0 Å². The second-order valence-corrected chi connectivity index (χ2v) is 7.95. The Hall–Kier alpha value is -2.98. The summed E-state index contributed by atoms with van der Waals surface area (Å²) in [6.07, 6.45) is 4.55. The van der Waals surface area contributed by atoms with Gasteiger partial charge in [0.2, 0.25) is 6.79 Å². The van der Waals surface area contributed by atoms with Crippen LogP contribution in [0.2, 0.25) is 0 Å². The van der Waals surface area contributed by atoms with Gasteiger partial charge in [-0.05, 0) is 48.5 Å². The summed E-state index contributed by atoms with van der Waals surface area (Å²) in [5.41, 5.74) is 1.19. The first-order valence-corrected chi connectivity index (χ1v) is 10.7. The van der Waals surface area contributed by atoms with Gasteiger partial charge in [-0.25, -0.2) is 4.68 Å². The highest BCUT2D eigenvalue weighted by molar-refractivity contribution is 5.83. The number of aromatic nitrogens is 5. The monoisotopic (exact) mass is 426 g/mol. The molecule has 1 N–H and O–H groups in total.